The highest BCUT2D eigenvalue weighted by Gasteiger charge is 2.11. The Morgan fingerprint density at radius 2 is 1.39 bits per heavy atom. The Morgan fingerprint density at radius 3 is 2.17 bits per heavy atom. The van der Waals surface area contributed by atoms with Crippen molar-refractivity contribution in [3.8, 4) is 0 Å². The van der Waals surface area contributed by atoms with Crippen molar-refractivity contribution in [3.63, 3.8) is 0 Å². The summed E-state index contributed by atoms with van der Waals surface area (Å²) in [4.78, 5) is 0. The van der Waals surface area contributed by atoms with Crippen LogP contribution in [-0.4, -0.2) is 0 Å². The van der Waals surface area contributed by atoms with Crippen molar-refractivity contribution < 1.29 is 0 Å². The Morgan fingerprint density at radius 1 is 0.667 bits per heavy atom. The second-order valence-corrected chi connectivity index (χ2v) is 4.83. The van der Waals surface area contributed by atoms with Crippen molar-refractivity contribution in [1.82, 2.24) is 0 Å². The van der Waals surface area contributed by atoms with Gasteiger partial charge in [-0.15, -0.1) is 0 Å². The van der Waals surface area contributed by atoms with Gasteiger partial charge in [-0.1, -0.05) is 66.2 Å². The smallest absolute Gasteiger partial charge is 0.0164 e. The van der Waals surface area contributed by atoms with E-state index in [1.807, 2.05) is 0 Å². The van der Waals surface area contributed by atoms with Gasteiger partial charge in [0.2, 0.25) is 0 Å². The molecule has 0 N–H and O–H groups in total. The zero-order valence-electron chi connectivity index (χ0n) is 10.5. The van der Waals surface area contributed by atoms with E-state index in [-0.39, 0.29) is 0 Å². The summed E-state index contributed by atoms with van der Waals surface area (Å²) >= 11 is 0. The molecular weight excluding hydrogens is 216 g/mol. The van der Waals surface area contributed by atoms with Gasteiger partial charge in [0.05, 0.1) is 0 Å². The molecule has 0 amide bonds. The Hall–Kier alpha value is -1.82. The van der Waals surface area contributed by atoms with E-state index < -0.39 is 0 Å². The van der Waals surface area contributed by atoms with Gasteiger partial charge in [-0.25, -0.2) is 0 Å². The quantitative estimate of drug-likeness (QED) is 0.720. The number of allylic oxidation sites excluding steroid dienone is 1. The minimum atomic E-state index is 1.17. The van der Waals surface area contributed by atoms with E-state index in [1.165, 1.54) is 41.5 Å². The summed E-state index contributed by atoms with van der Waals surface area (Å²) in [6.07, 6.45) is 8.20. The van der Waals surface area contributed by atoms with Crippen LogP contribution in [0.4, 0.5) is 0 Å². The van der Waals surface area contributed by atoms with Crippen molar-refractivity contribution in [2.75, 3.05) is 0 Å². The molecule has 0 fully saturated rings. The maximum atomic E-state index is 2.32. The number of hydrogen-bond donors (Lipinski definition) is 0. The Bertz CT molecular complexity index is 549. The van der Waals surface area contributed by atoms with Crippen LogP contribution in [0.2, 0.25) is 0 Å². The maximum Gasteiger partial charge on any atom is 0.0164 e. The van der Waals surface area contributed by atoms with Crippen LogP contribution in [0.15, 0.2) is 60.2 Å². The third-order valence-electron chi connectivity index (χ3n) is 3.45. The number of benzene rings is 2. The molecule has 2 aromatic rings. The first-order valence-corrected chi connectivity index (χ1v) is 6.60. The number of aryl methyl sites for hydroxylation is 1. The molecule has 0 aliphatic heterocycles. The third-order valence-corrected chi connectivity index (χ3v) is 3.45. The first-order valence-electron chi connectivity index (χ1n) is 6.60. The van der Waals surface area contributed by atoms with Crippen molar-refractivity contribution in [2.24, 2.45) is 0 Å². The van der Waals surface area contributed by atoms with Crippen molar-refractivity contribution in [1.29, 1.82) is 0 Å². The molecule has 89 valence electrons. The summed E-state index contributed by atoms with van der Waals surface area (Å²) in [5.41, 5.74) is 5.64. The van der Waals surface area contributed by atoms with Gasteiger partial charge in [0, 0.05) is 6.42 Å². The molecule has 1 radical (unpaired) electrons. The lowest BCUT2D eigenvalue weighted by Crippen LogP contribution is -1.87. The van der Waals surface area contributed by atoms with Crippen LogP contribution in [0.1, 0.15) is 29.5 Å². The maximum absolute atomic E-state index is 2.32. The second kappa shape index (κ2) is 5.22. The lowest BCUT2D eigenvalue weighted by Gasteiger charge is -2.02. The van der Waals surface area contributed by atoms with Crippen LogP contribution in [0, 0.1) is 6.42 Å². The highest BCUT2D eigenvalue weighted by molar-refractivity contribution is 5.68. The molecule has 0 nitrogen and oxygen atoms in total. The van der Waals surface area contributed by atoms with E-state index in [0.29, 0.717) is 0 Å². The molecular formula is C18H17. The first-order chi connectivity index (χ1) is 8.92. The summed E-state index contributed by atoms with van der Waals surface area (Å²) in [5.74, 6) is 0. The van der Waals surface area contributed by atoms with Crippen LogP contribution in [0.5, 0.6) is 0 Å². The summed E-state index contributed by atoms with van der Waals surface area (Å²) in [7, 11) is 0. The molecule has 1 aliphatic carbocycles. The molecule has 2 aromatic carbocycles. The molecule has 0 aromatic heterocycles. The van der Waals surface area contributed by atoms with Crippen LogP contribution >= 0.6 is 0 Å². The third kappa shape index (κ3) is 2.53. The monoisotopic (exact) mass is 233 g/mol. The van der Waals surface area contributed by atoms with Gasteiger partial charge >= 0.3 is 0 Å². The Kier molecular flexibility index (Phi) is 3.27. The van der Waals surface area contributed by atoms with E-state index in [0.717, 1.165) is 0 Å². The predicted octanol–water partition coefficient (Wildman–Crippen LogP) is 4.66. The van der Waals surface area contributed by atoms with Crippen LogP contribution in [0.25, 0.3) is 6.08 Å². The molecule has 18 heavy (non-hydrogen) atoms. The van der Waals surface area contributed by atoms with Crippen molar-refractivity contribution in [3.05, 3.63) is 83.3 Å². The summed E-state index contributed by atoms with van der Waals surface area (Å²) in [5, 5.41) is 0. The van der Waals surface area contributed by atoms with Crippen LogP contribution in [0.3, 0.4) is 0 Å². The van der Waals surface area contributed by atoms with Gasteiger partial charge in [-0.2, -0.15) is 0 Å². The van der Waals surface area contributed by atoms with Crippen LogP contribution in [-0.2, 0) is 6.42 Å². The van der Waals surface area contributed by atoms with Gasteiger partial charge in [-0.3, -0.25) is 0 Å². The zero-order valence-corrected chi connectivity index (χ0v) is 10.5. The van der Waals surface area contributed by atoms with Gasteiger partial charge in [-0.05, 0) is 36.0 Å². The fourth-order valence-electron chi connectivity index (χ4n) is 2.50. The average molecular weight is 233 g/mol. The SMILES string of the molecule is [CH]1C(CCCc2ccccc2)=Cc2ccccc21. The molecule has 0 saturated heterocycles. The normalized spacial score (nSPS) is 13.2. The number of rotatable bonds is 4. The highest BCUT2D eigenvalue weighted by Crippen LogP contribution is 2.29. The molecule has 0 atom stereocenters. The molecule has 0 unspecified atom stereocenters. The van der Waals surface area contributed by atoms with Crippen molar-refractivity contribution in [2.45, 2.75) is 19.3 Å². The zero-order chi connectivity index (χ0) is 12.2. The lowest BCUT2D eigenvalue weighted by molar-refractivity contribution is 0.822. The van der Waals surface area contributed by atoms with Gasteiger partial charge in [0.1, 0.15) is 0 Å². The van der Waals surface area contributed by atoms with E-state index in [1.54, 1.807) is 0 Å². The van der Waals surface area contributed by atoms with Gasteiger partial charge in [0.15, 0.2) is 0 Å². The van der Waals surface area contributed by atoms with E-state index >= 15 is 0 Å². The first kappa shape index (κ1) is 11.3. The molecule has 0 saturated carbocycles. The number of fused-ring (bicyclic) bond motifs is 1. The second-order valence-electron chi connectivity index (χ2n) is 4.83. The number of hydrogen-bond acceptors (Lipinski definition) is 0. The van der Waals surface area contributed by atoms with Crippen LogP contribution < -0.4 is 0 Å². The Labute approximate surface area is 109 Å². The molecule has 1 aliphatic rings. The summed E-state index contributed by atoms with van der Waals surface area (Å²) < 4.78 is 0. The fourth-order valence-corrected chi connectivity index (χ4v) is 2.50. The van der Waals surface area contributed by atoms with Gasteiger partial charge in [0.25, 0.3) is 0 Å². The van der Waals surface area contributed by atoms with E-state index in [9.17, 15) is 0 Å². The largest absolute Gasteiger partial charge is 0.0622 e. The van der Waals surface area contributed by atoms with E-state index in [2.05, 4.69) is 67.1 Å². The molecule has 0 bridgehead atoms. The van der Waals surface area contributed by atoms with E-state index in [4.69, 9.17) is 0 Å². The Balaban J connectivity index is 1.54. The van der Waals surface area contributed by atoms with Gasteiger partial charge < -0.3 is 0 Å². The highest BCUT2D eigenvalue weighted by atomic mass is 14.2. The predicted molar refractivity (Wildman–Crippen MR) is 77.2 cm³/mol. The molecule has 3 rings (SSSR count). The summed E-state index contributed by atoms with van der Waals surface area (Å²) in [6, 6.07) is 19.3. The fraction of sp³-hybridized carbons (Fsp3) is 0.167. The minimum absolute atomic E-state index is 1.17. The molecule has 0 heterocycles. The standard InChI is InChI=1S/C18H17/c1-2-7-15(8-3-1)9-6-10-16-13-17-11-4-5-12-18(17)14-16/h1-5,7-8,11-14H,6,9-10H2. The van der Waals surface area contributed by atoms with Crippen molar-refractivity contribution >= 4 is 6.08 Å². The summed E-state index contributed by atoms with van der Waals surface area (Å²) in [6.45, 7) is 0. The minimum Gasteiger partial charge on any atom is -0.0622 e. The lowest BCUT2D eigenvalue weighted by atomic mass is 10.0. The topological polar surface area (TPSA) is 0 Å². The molecule has 0 heteroatoms. The molecule has 0 spiro atoms. The average Bonchev–Trinajstić information content (AvgIpc) is 2.82.